The van der Waals surface area contributed by atoms with Gasteiger partial charge in [0.2, 0.25) is 0 Å². The maximum atomic E-state index is 12.9. The van der Waals surface area contributed by atoms with Crippen molar-refractivity contribution in [1.29, 1.82) is 0 Å². The molecule has 76 valence electrons. The van der Waals surface area contributed by atoms with Crippen LogP contribution in [-0.2, 0) is 4.74 Å². The van der Waals surface area contributed by atoms with Crippen LogP contribution in [0.3, 0.4) is 0 Å². The Balaban J connectivity index is 2.08. The number of ether oxygens (including phenoxy) is 1. The van der Waals surface area contributed by atoms with E-state index in [-0.39, 0.29) is 11.9 Å². The molecular formula is C11H14FNO. The van der Waals surface area contributed by atoms with E-state index in [0.717, 1.165) is 12.1 Å². The van der Waals surface area contributed by atoms with Crippen LogP contribution in [0.4, 0.5) is 4.39 Å². The highest BCUT2D eigenvalue weighted by molar-refractivity contribution is 5.19. The van der Waals surface area contributed by atoms with Gasteiger partial charge in [-0.1, -0.05) is 12.1 Å². The monoisotopic (exact) mass is 195 g/mol. The maximum Gasteiger partial charge on any atom is 0.123 e. The van der Waals surface area contributed by atoms with Crippen LogP contribution in [-0.4, -0.2) is 19.2 Å². The Morgan fingerprint density at radius 3 is 3.00 bits per heavy atom. The molecule has 1 heterocycles. The van der Waals surface area contributed by atoms with E-state index < -0.39 is 0 Å². The molecule has 14 heavy (non-hydrogen) atoms. The summed E-state index contributed by atoms with van der Waals surface area (Å²) in [5, 5.41) is 3.30. The molecule has 0 saturated carbocycles. The Hall–Kier alpha value is -0.930. The third kappa shape index (κ3) is 2.11. The molecule has 1 aromatic rings. The Kier molecular flexibility index (Phi) is 2.79. The van der Waals surface area contributed by atoms with E-state index >= 15 is 0 Å². The zero-order valence-electron chi connectivity index (χ0n) is 8.16. The third-order valence-electron chi connectivity index (χ3n) is 2.42. The third-order valence-corrected chi connectivity index (χ3v) is 2.42. The number of hydrogen-bond donors (Lipinski definition) is 1. The van der Waals surface area contributed by atoms with E-state index in [2.05, 4.69) is 12.2 Å². The highest BCUT2D eigenvalue weighted by atomic mass is 19.1. The molecular weight excluding hydrogens is 181 g/mol. The van der Waals surface area contributed by atoms with Gasteiger partial charge in [0.25, 0.3) is 0 Å². The first-order chi connectivity index (χ1) is 6.75. The van der Waals surface area contributed by atoms with Crippen LogP contribution in [0.25, 0.3) is 0 Å². The molecule has 0 amide bonds. The fourth-order valence-electron chi connectivity index (χ4n) is 1.61. The van der Waals surface area contributed by atoms with Crippen molar-refractivity contribution in [3.05, 3.63) is 35.6 Å². The molecule has 2 atom stereocenters. The molecule has 0 aliphatic carbocycles. The lowest BCUT2D eigenvalue weighted by atomic mass is 10.1. The number of morpholine rings is 1. The van der Waals surface area contributed by atoms with E-state index in [1.807, 2.05) is 6.07 Å². The summed E-state index contributed by atoms with van der Waals surface area (Å²) in [4.78, 5) is 0. The first-order valence-corrected chi connectivity index (χ1v) is 4.86. The Labute approximate surface area is 83.1 Å². The van der Waals surface area contributed by atoms with Crippen LogP contribution >= 0.6 is 0 Å². The van der Waals surface area contributed by atoms with Crippen LogP contribution in [0.5, 0.6) is 0 Å². The summed E-state index contributed by atoms with van der Waals surface area (Å²) in [6.07, 6.45) is -0.0121. The Bertz CT molecular complexity index is 308. The summed E-state index contributed by atoms with van der Waals surface area (Å²) >= 11 is 0. The predicted molar refractivity (Wildman–Crippen MR) is 52.6 cm³/mol. The summed E-state index contributed by atoms with van der Waals surface area (Å²) in [5.74, 6) is -0.204. The molecule has 1 aliphatic heterocycles. The molecule has 1 aliphatic rings. The molecule has 1 aromatic carbocycles. The van der Waals surface area contributed by atoms with Crippen LogP contribution in [0.2, 0.25) is 0 Å². The Morgan fingerprint density at radius 2 is 2.36 bits per heavy atom. The fourth-order valence-corrected chi connectivity index (χ4v) is 1.61. The van der Waals surface area contributed by atoms with Crippen molar-refractivity contribution < 1.29 is 9.13 Å². The molecule has 2 rings (SSSR count). The van der Waals surface area contributed by atoms with Gasteiger partial charge in [0.1, 0.15) is 5.82 Å². The largest absolute Gasteiger partial charge is 0.371 e. The van der Waals surface area contributed by atoms with Crippen molar-refractivity contribution in [3.63, 3.8) is 0 Å². The van der Waals surface area contributed by atoms with Crippen LogP contribution in [0.1, 0.15) is 18.6 Å². The summed E-state index contributed by atoms with van der Waals surface area (Å²) in [6.45, 7) is 3.51. The second kappa shape index (κ2) is 4.07. The van der Waals surface area contributed by atoms with Gasteiger partial charge < -0.3 is 10.1 Å². The predicted octanol–water partition coefficient (Wildman–Crippen LogP) is 1.88. The van der Waals surface area contributed by atoms with Gasteiger partial charge in [-0.3, -0.25) is 0 Å². The van der Waals surface area contributed by atoms with Gasteiger partial charge in [-0.15, -0.1) is 0 Å². The maximum absolute atomic E-state index is 12.9. The second-order valence-corrected chi connectivity index (χ2v) is 3.69. The van der Waals surface area contributed by atoms with Gasteiger partial charge in [0.05, 0.1) is 12.7 Å². The normalized spacial score (nSPS) is 27.6. The zero-order chi connectivity index (χ0) is 9.97. The zero-order valence-corrected chi connectivity index (χ0v) is 8.16. The van der Waals surface area contributed by atoms with Crippen molar-refractivity contribution in [2.24, 2.45) is 0 Å². The molecule has 0 spiro atoms. The molecule has 1 fully saturated rings. The minimum atomic E-state index is -0.204. The van der Waals surface area contributed by atoms with Crippen molar-refractivity contribution in [3.8, 4) is 0 Å². The van der Waals surface area contributed by atoms with Crippen molar-refractivity contribution in [1.82, 2.24) is 5.32 Å². The van der Waals surface area contributed by atoms with Crippen molar-refractivity contribution in [2.45, 2.75) is 19.1 Å². The topological polar surface area (TPSA) is 21.3 Å². The minimum absolute atomic E-state index is 0.0121. The molecule has 0 bridgehead atoms. The first-order valence-electron chi connectivity index (χ1n) is 4.86. The summed E-state index contributed by atoms with van der Waals surface area (Å²) in [6, 6.07) is 6.97. The smallest absolute Gasteiger partial charge is 0.123 e. The summed E-state index contributed by atoms with van der Waals surface area (Å²) in [7, 11) is 0. The number of nitrogens with one attached hydrogen (secondary N) is 1. The van der Waals surface area contributed by atoms with Crippen LogP contribution < -0.4 is 5.32 Å². The van der Waals surface area contributed by atoms with Crippen LogP contribution in [0.15, 0.2) is 24.3 Å². The van der Waals surface area contributed by atoms with E-state index in [0.29, 0.717) is 12.6 Å². The van der Waals surface area contributed by atoms with Crippen molar-refractivity contribution in [2.75, 3.05) is 13.2 Å². The lowest BCUT2D eigenvalue weighted by molar-refractivity contribution is 0.00680. The highest BCUT2D eigenvalue weighted by Crippen LogP contribution is 2.20. The molecule has 0 unspecified atom stereocenters. The lowest BCUT2D eigenvalue weighted by Crippen LogP contribution is -2.40. The second-order valence-electron chi connectivity index (χ2n) is 3.69. The SMILES string of the molecule is C[C@H]1CO[C@@H](c2cccc(F)c2)CN1. The van der Waals surface area contributed by atoms with E-state index in [1.54, 1.807) is 6.07 Å². The highest BCUT2D eigenvalue weighted by Gasteiger charge is 2.19. The van der Waals surface area contributed by atoms with E-state index in [9.17, 15) is 4.39 Å². The van der Waals surface area contributed by atoms with Crippen molar-refractivity contribution >= 4 is 0 Å². The molecule has 2 nitrogen and oxygen atoms in total. The molecule has 0 radical (unpaired) electrons. The molecule has 3 heteroatoms. The quantitative estimate of drug-likeness (QED) is 0.738. The number of rotatable bonds is 1. The number of halogens is 1. The first kappa shape index (κ1) is 9.62. The minimum Gasteiger partial charge on any atom is -0.371 e. The van der Waals surface area contributed by atoms with Gasteiger partial charge in [-0.25, -0.2) is 4.39 Å². The molecule has 0 aromatic heterocycles. The lowest BCUT2D eigenvalue weighted by Gasteiger charge is -2.28. The van der Waals surface area contributed by atoms with Gasteiger partial charge >= 0.3 is 0 Å². The van der Waals surface area contributed by atoms with E-state index in [1.165, 1.54) is 12.1 Å². The van der Waals surface area contributed by atoms with Gasteiger partial charge in [-0.05, 0) is 24.6 Å². The van der Waals surface area contributed by atoms with Crippen LogP contribution in [0, 0.1) is 5.82 Å². The van der Waals surface area contributed by atoms with Gasteiger partial charge in [0.15, 0.2) is 0 Å². The molecule has 1 saturated heterocycles. The number of hydrogen-bond acceptors (Lipinski definition) is 2. The summed E-state index contributed by atoms with van der Waals surface area (Å²) < 4.78 is 18.5. The van der Waals surface area contributed by atoms with Gasteiger partial charge in [-0.2, -0.15) is 0 Å². The molecule has 1 N–H and O–H groups in total. The standard InChI is InChI=1S/C11H14FNO/c1-8-7-14-11(6-13-8)9-3-2-4-10(12)5-9/h2-5,8,11,13H,6-7H2,1H3/t8-,11+/m0/s1. The van der Waals surface area contributed by atoms with Gasteiger partial charge in [0, 0.05) is 12.6 Å². The average Bonchev–Trinajstić information content (AvgIpc) is 2.19. The van der Waals surface area contributed by atoms with E-state index in [4.69, 9.17) is 4.74 Å². The Morgan fingerprint density at radius 1 is 1.50 bits per heavy atom. The fraction of sp³-hybridized carbons (Fsp3) is 0.455. The number of benzene rings is 1. The summed E-state index contributed by atoms with van der Waals surface area (Å²) in [5.41, 5.74) is 0.907. The average molecular weight is 195 g/mol.